The summed E-state index contributed by atoms with van der Waals surface area (Å²) in [6, 6.07) is 39.4. The van der Waals surface area contributed by atoms with Crippen LogP contribution in [0, 0.1) is 0 Å². The minimum Gasteiger partial charge on any atom is -0.0905 e. The fourth-order valence-corrected chi connectivity index (χ4v) is 5.57. The van der Waals surface area contributed by atoms with Crippen LogP contribution < -0.4 is 0 Å². The second kappa shape index (κ2) is 6.42. The fourth-order valence-electron chi connectivity index (χ4n) is 5.57. The first-order chi connectivity index (χ1) is 15.8. The third kappa shape index (κ3) is 2.22. The summed E-state index contributed by atoms with van der Waals surface area (Å²) in [5.74, 6) is 0. The number of rotatable bonds is 2. The predicted octanol–water partition coefficient (Wildman–Crippen LogP) is 8.86. The van der Waals surface area contributed by atoms with Crippen LogP contribution in [0.1, 0.15) is 11.1 Å². The van der Waals surface area contributed by atoms with Crippen LogP contribution in [0.15, 0.2) is 116 Å². The number of fused-ring (bicyclic) bond motifs is 8. The predicted molar refractivity (Wildman–Crippen MR) is 138 cm³/mol. The van der Waals surface area contributed by atoms with Crippen LogP contribution in [-0.4, -0.2) is 0 Å². The van der Waals surface area contributed by atoms with Gasteiger partial charge in [-0.3, -0.25) is 0 Å². The highest BCUT2D eigenvalue weighted by Crippen LogP contribution is 2.55. The Morgan fingerprint density at radius 1 is 0.469 bits per heavy atom. The molecule has 32 heavy (non-hydrogen) atoms. The summed E-state index contributed by atoms with van der Waals surface area (Å²) in [7, 11) is 0. The number of hydrogen-bond donors (Lipinski definition) is 0. The molecular weight excluding hydrogens is 384 g/mol. The van der Waals surface area contributed by atoms with Crippen LogP contribution in [0.5, 0.6) is 0 Å². The molecule has 7 rings (SSSR count). The van der Waals surface area contributed by atoms with Gasteiger partial charge in [0, 0.05) is 0 Å². The molecule has 0 saturated carbocycles. The standard InChI is InChI=1S/C32H20/c1-20(21-10-3-2-4-11-21)23-19-18-22-12-9-17-28-29(22)31(23)32-27-16-8-6-14-25(27)24-13-5-7-15-26(24)30(28)32/h2-19H,1H2. The second-order valence-electron chi connectivity index (χ2n) is 8.58. The Labute approximate surface area is 187 Å². The van der Waals surface area contributed by atoms with E-state index in [4.69, 9.17) is 0 Å². The van der Waals surface area contributed by atoms with E-state index in [0.717, 1.165) is 5.57 Å². The summed E-state index contributed by atoms with van der Waals surface area (Å²) in [4.78, 5) is 0. The van der Waals surface area contributed by atoms with Gasteiger partial charge >= 0.3 is 0 Å². The van der Waals surface area contributed by atoms with Gasteiger partial charge in [0.05, 0.1) is 0 Å². The third-order valence-corrected chi connectivity index (χ3v) is 6.95. The molecule has 0 N–H and O–H groups in total. The SMILES string of the molecule is C=C(c1ccccc1)c1ccc2cccc3c2c1-c1c-3c2ccccc2c2ccccc12. The van der Waals surface area contributed by atoms with Crippen molar-refractivity contribution >= 4 is 37.9 Å². The van der Waals surface area contributed by atoms with Crippen molar-refractivity contribution in [3.8, 4) is 22.3 Å². The molecule has 0 saturated heterocycles. The normalized spacial score (nSPS) is 11.9. The van der Waals surface area contributed by atoms with Crippen LogP contribution in [0.4, 0.5) is 0 Å². The summed E-state index contributed by atoms with van der Waals surface area (Å²) in [5, 5.41) is 7.89. The molecule has 148 valence electrons. The zero-order valence-corrected chi connectivity index (χ0v) is 17.6. The van der Waals surface area contributed by atoms with Crippen LogP contribution in [0.25, 0.3) is 60.1 Å². The highest BCUT2D eigenvalue weighted by Gasteiger charge is 2.28. The molecule has 0 fully saturated rings. The lowest BCUT2D eigenvalue weighted by Crippen LogP contribution is -1.92. The van der Waals surface area contributed by atoms with E-state index in [-0.39, 0.29) is 0 Å². The average molecular weight is 405 g/mol. The molecule has 0 aliphatic heterocycles. The monoisotopic (exact) mass is 404 g/mol. The van der Waals surface area contributed by atoms with Crippen molar-refractivity contribution in [2.75, 3.05) is 0 Å². The van der Waals surface area contributed by atoms with E-state index in [1.807, 2.05) is 0 Å². The van der Waals surface area contributed by atoms with E-state index in [2.05, 4.69) is 116 Å². The van der Waals surface area contributed by atoms with E-state index >= 15 is 0 Å². The van der Waals surface area contributed by atoms with Gasteiger partial charge < -0.3 is 0 Å². The van der Waals surface area contributed by atoms with Crippen molar-refractivity contribution in [1.29, 1.82) is 0 Å². The van der Waals surface area contributed by atoms with Gasteiger partial charge in [0.15, 0.2) is 0 Å². The van der Waals surface area contributed by atoms with E-state index in [1.165, 1.54) is 65.7 Å². The van der Waals surface area contributed by atoms with Crippen molar-refractivity contribution < 1.29 is 0 Å². The lowest BCUT2D eigenvalue weighted by atomic mass is 9.87. The number of hydrogen-bond acceptors (Lipinski definition) is 0. The molecule has 0 spiro atoms. The van der Waals surface area contributed by atoms with Gasteiger partial charge in [-0.15, -0.1) is 0 Å². The summed E-state index contributed by atoms with van der Waals surface area (Å²) in [6.07, 6.45) is 0. The third-order valence-electron chi connectivity index (χ3n) is 6.95. The molecule has 6 aromatic rings. The molecule has 0 nitrogen and oxygen atoms in total. The van der Waals surface area contributed by atoms with Crippen molar-refractivity contribution in [3.05, 3.63) is 127 Å². The van der Waals surface area contributed by atoms with Gasteiger partial charge in [0.1, 0.15) is 0 Å². The molecular formula is C32H20. The van der Waals surface area contributed by atoms with E-state index in [9.17, 15) is 0 Å². The quantitative estimate of drug-likeness (QED) is 0.252. The van der Waals surface area contributed by atoms with E-state index in [0.29, 0.717) is 0 Å². The molecule has 0 aromatic heterocycles. The smallest absolute Gasteiger partial charge is 0.000742 e. The van der Waals surface area contributed by atoms with Crippen molar-refractivity contribution in [2.24, 2.45) is 0 Å². The second-order valence-corrected chi connectivity index (χ2v) is 8.58. The molecule has 6 aromatic carbocycles. The minimum absolute atomic E-state index is 1.07. The maximum atomic E-state index is 4.55. The van der Waals surface area contributed by atoms with Crippen molar-refractivity contribution in [2.45, 2.75) is 0 Å². The Balaban J connectivity index is 1.70. The maximum Gasteiger partial charge on any atom is -0.000742 e. The first kappa shape index (κ1) is 17.5. The molecule has 0 heteroatoms. The Kier molecular flexibility index (Phi) is 3.51. The summed E-state index contributed by atoms with van der Waals surface area (Å²) in [5.41, 5.74) is 8.81. The first-order valence-electron chi connectivity index (χ1n) is 11.1. The van der Waals surface area contributed by atoms with Gasteiger partial charge in [0.25, 0.3) is 0 Å². The average Bonchev–Trinajstić information content (AvgIpc) is 3.22. The van der Waals surface area contributed by atoms with E-state index in [1.54, 1.807) is 0 Å². The number of benzene rings is 6. The zero-order valence-electron chi connectivity index (χ0n) is 17.6. The molecule has 0 unspecified atom stereocenters. The van der Waals surface area contributed by atoms with Gasteiger partial charge in [-0.2, -0.15) is 0 Å². The largest absolute Gasteiger partial charge is 0.0905 e. The van der Waals surface area contributed by atoms with Crippen LogP contribution in [0.2, 0.25) is 0 Å². The molecule has 0 amide bonds. The molecule has 0 bridgehead atoms. The topological polar surface area (TPSA) is 0 Å². The molecule has 1 aliphatic rings. The highest BCUT2D eigenvalue weighted by molar-refractivity contribution is 6.31. The molecule has 0 atom stereocenters. The Bertz CT molecular complexity index is 1720. The Morgan fingerprint density at radius 3 is 1.81 bits per heavy atom. The van der Waals surface area contributed by atoms with Crippen LogP contribution >= 0.6 is 0 Å². The minimum atomic E-state index is 1.07. The Hall–Kier alpha value is -4.16. The molecule has 1 aliphatic carbocycles. The van der Waals surface area contributed by atoms with Gasteiger partial charge in [0.2, 0.25) is 0 Å². The van der Waals surface area contributed by atoms with Gasteiger partial charge in [-0.1, -0.05) is 116 Å². The zero-order chi connectivity index (χ0) is 21.2. The maximum absolute atomic E-state index is 4.55. The first-order valence-corrected chi connectivity index (χ1v) is 11.1. The van der Waals surface area contributed by atoms with Gasteiger partial charge in [-0.05, 0) is 71.3 Å². The fraction of sp³-hybridized carbons (Fsp3) is 0. The van der Waals surface area contributed by atoms with Gasteiger partial charge in [-0.25, -0.2) is 0 Å². The summed E-state index contributed by atoms with van der Waals surface area (Å²) in [6.45, 7) is 4.55. The van der Waals surface area contributed by atoms with Crippen molar-refractivity contribution in [3.63, 3.8) is 0 Å². The highest BCUT2D eigenvalue weighted by atomic mass is 14.3. The van der Waals surface area contributed by atoms with Crippen LogP contribution in [0.3, 0.4) is 0 Å². The van der Waals surface area contributed by atoms with E-state index < -0.39 is 0 Å². The Morgan fingerprint density at radius 2 is 1.09 bits per heavy atom. The summed E-state index contributed by atoms with van der Waals surface area (Å²) < 4.78 is 0. The lowest BCUT2D eigenvalue weighted by molar-refractivity contribution is 1.58. The molecule has 0 radical (unpaired) electrons. The summed E-state index contributed by atoms with van der Waals surface area (Å²) >= 11 is 0. The molecule has 0 heterocycles. The lowest BCUT2D eigenvalue weighted by Gasteiger charge is -2.16. The van der Waals surface area contributed by atoms with Crippen LogP contribution in [-0.2, 0) is 0 Å². The van der Waals surface area contributed by atoms with Crippen molar-refractivity contribution in [1.82, 2.24) is 0 Å².